The van der Waals surface area contributed by atoms with Crippen molar-refractivity contribution in [1.82, 2.24) is 5.32 Å². The van der Waals surface area contributed by atoms with E-state index < -0.39 is 12.0 Å². The topological polar surface area (TPSA) is 66.4 Å². The molecule has 23 heavy (non-hydrogen) atoms. The number of amides is 1. The first-order chi connectivity index (χ1) is 11.0. The maximum atomic E-state index is 12.0. The van der Waals surface area contributed by atoms with Gasteiger partial charge in [0.15, 0.2) is 0 Å². The van der Waals surface area contributed by atoms with Crippen molar-refractivity contribution in [3.63, 3.8) is 0 Å². The molecule has 0 saturated heterocycles. The number of nitrogens with one attached hydrogen (secondary N) is 1. The smallest absolute Gasteiger partial charge is 0.326 e. The summed E-state index contributed by atoms with van der Waals surface area (Å²) in [5.74, 6) is -1.44. The fourth-order valence-electron chi connectivity index (χ4n) is 2.37. The van der Waals surface area contributed by atoms with Crippen LogP contribution in [0.5, 0.6) is 0 Å². The van der Waals surface area contributed by atoms with Gasteiger partial charge in [-0.15, -0.1) is 0 Å². The molecule has 0 aliphatic heterocycles. The summed E-state index contributed by atoms with van der Waals surface area (Å²) in [7, 11) is 0. The second kappa shape index (κ2) is 7.58. The van der Waals surface area contributed by atoms with Crippen molar-refractivity contribution in [3.8, 4) is 11.1 Å². The summed E-state index contributed by atoms with van der Waals surface area (Å²) >= 11 is 0. The molecule has 2 aromatic rings. The zero-order valence-electron chi connectivity index (χ0n) is 13.3. The van der Waals surface area contributed by atoms with Crippen molar-refractivity contribution in [2.24, 2.45) is 5.92 Å². The van der Waals surface area contributed by atoms with E-state index in [4.69, 9.17) is 5.11 Å². The first-order valence-corrected chi connectivity index (χ1v) is 7.64. The van der Waals surface area contributed by atoms with E-state index >= 15 is 0 Å². The number of hydrogen-bond acceptors (Lipinski definition) is 2. The molecule has 0 bridgehead atoms. The molecule has 4 heteroatoms. The maximum absolute atomic E-state index is 12.0. The van der Waals surface area contributed by atoms with Crippen LogP contribution in [0, 0.1) is 5.92 Å². The Hall–Kier alpha value is -2.62. The standard InChI is InChI=1S/C19H21NO3/c1-13(2)18(19(22)23)20-17(21)12-14-8-10-16(11-9-14)15-6-4-3-5-7-15/h3-11,13,18H,12H2,1-2H3,(H,20,21)(H,22,23)/t18-/m1/s1. The first kappa shape index (κ1) is 16.7. The number of carbonyl (C=O) groups excluding carboxylic acids is 1. The van der Waals surface area contributed by atoms with Crippen LogP contribution in [0.2, 0.25) is 0 Å². The highest BCUT2D eigenvalue weighted by atomic mass is 16.4. The van der Waals surface area contributed by atoms with E-state index in [9.17, 15) is 9.59 Å². The Morgan fingerprint density at radius 3 is 2.04 bits per heavy atom. The molecule has 0 spiro atoms. The highest BCUT2D eigenvalue weighted by molar-refractivity contribution is 5.85. The highest BCUT2D eigenvalue weighted by Crippen LogP contribution is 2.19. The Balaban J connectivity index is 2.01. The third kappa shape index (κ3) is 4.68. The Bertz CT molecular complexity index is 663. The molecule has 1 atom stereocenters. The Morgan fingerprint density at radius 1 is 0.957 bits per heavy atom. The van der Waals surface area contributed by atoms with Gasteiger partial charge in [0.1, 0.15) is 6.04 Å². The summed E-state index contributed by atoms with van der Waals surface area (Å²) in [5, 5.41) is 11.7. The fraction of sp³-hybridized carbons (Fsp3) is 0.263. The van der Waals surface area contributed by atoms with Gasteiger partial charge in [0.05, 0.1) is 6.42 Å². The molecule has 0 aliphatic carbocycles. The van der Waals surface area contributed by atoms with E-state index in [-0.39, 0.29) is 18.2 Å². The van der Waals surface area contributed by atoms with Crippen LogP contribution in [0.25, 0.3) is 11.1 Å². The van der Waals surface area contributed by atoms with Crippen LogP contribution in [0.15, 0.2) is 54.6 Å². The van der Waals surface area contributed by atoms with Crippen molar-refractivity contribution in [3.05, 3.63) is 60.2 Å². The molecular formula is C19H21NO3. The van der Waals surface area contributed by atoms with Crippen LogP contribution in [-0.2, 0) is 16.0 Å². The third-order valence-electron chi connectivity index (χ3n) is 3.67. The molecule has 0 saturated carbocycles. The van der Waals surface area contributed by atoms with E-state index in [1.165, 1.54) is 0 Å². The number of carboxylic acid groups (broad SMARTS) is 1. The summed E-state index contributed by atoms with van der Waals surface area (Å²) < 4.78 is 0. The molecule has 0 heterocycles. The minimum absolute atomic E-state index is 0.156. The SMILES string of the molecule is CC(C)[C@@H](NC(=O)Cc1ccc(-c2ccccc2)cc1)C(=O)O. The van der Waals surface area contributed by atoms with Crippen molar-refractivity contribution in [1.29, 1.82) is 0 Å². The lowest BCUT2D eigenvalue weighted by Gasteiger charge is -2.17. The van der Waals surface area contributed by atoms with E-state index in [0.717, 1.165) is 16.7 Å². The molecule has 2 rings (SSSR count). The quantitative estimate of drug-likeness (QED) is 0.861. The van der Waals surface area contributed by atoms with Crippen molar-refractivity contribution >= 4 is 11.9 Å². The molecule has 1 amide bonds. The van der Waals surface area contributed by atoms with Crippen LogP contribution < -0.4 is 5.32 Å². The van der Waals surface area contributed by atoms with E-state index in [0.29, 0.717) is 0 Å². The number of benzene rings is 2. The normalized spacial score (nSPS) is 12.0. The number of hydrogen-bond donors (Lipinski definition) is 2. The summed E-state index contributed by atoms with van der Waals surface area (Å²) in [5.41, 5.74) is 3.06. The second-order valence-corrected chi connectivity index (χ2v) is 5.87. The van der Waals surface area contributed by atoms with Gasteiger partial charge in [-0.25, -0.2) is 4.79 Å². The lowest BCUT2D eigenvalue weighted by atomic mass is 10.0. The van der Waals surface area contributed by atoms with Crippen molar-refractivity contribution in [2.75, 3.05) is 0 Å². The molecule has 2 N–H and O–H groups in total. The molecule has 0 radical (unpaired) electrons. The van der Waals surface area contributed by atoms with Crippen LogP contribution >= 0.6 is 0 Å². The predicted molar refractivity (Wildman–Crippen MR) is 90.0 cm³/mol. The van der Waals surface area contributed by atoms with Crippen LogP contribution in [-0.4, -0.2) is 23.0 Å². The van der Waals surface area contributed by atoms with Gasteiger partial charge in [-0.1, -0.05) is 68.4 Å². The number of carbonyl (C=O) groups is 2. The van der Waals surface area contributed by atoms with Crippen LogP contribution in [0.1, 0.15) is 19.4 Å². The summed E-state index contributed by atoms with van der Waals surface area (Å²) in [6.45, 7) is 3.54. The van der Waals surface area contributed by atoms with Crippen molar-refractivity contribution in [2.45, 2.75) is 26.3 Å². The number of rotatable bonds is 6. The van der Waals surface area contributed by atoms with Gasteiger partial charge >= 0.3 is 5.97 Å². The minimum Gasteiger partial charge on any atom is -0.480 e. The van der Waals surface area contributed by atoms with Gasteiger partial charge < -0.3 is 10.4 Å². The lowest BCUT2D eigenvalue weighted by Crippen LogP contribution is -2.44. The number of aliphatic carboxylic acids is 1. The van der Waals surface area contributed by atoms with Gasteiger partial charge in [-0.05, 0) is 22.6 Å². The average Bonchev–Trinajstić information content (AvgIpc) is 2.53. The van der Waals surface area contributed by atoms with E-state index in [2.05, 4.69) is 5.32 Å². The second-order valence-electron chi connectivity index (χ2n) is 5.87. The molecule has 2 aromatic carbocycles. The summed E-state index contributed by atoms with van der Waals surface area (Å²) in [6.07, 6.45) is 0.172. The van der Waals surface area contributed by atoms with Gasteiger partial charge in [0, 0.05) is 0 Å². The largest absolute Gasteiger partial charge is 0.480 e. The molecule has 0 aromatic heterocycles. The van der Waals surface area contributed by atoms with E-state index in [1.54, 1.807) is 13.8 Å². The van der Waals surface area contributed by atoms with Gasteiger partial charge in [-0.3, -0.25) is 4.79 Å². The van der Waals surface area contributed by atoms with E-state index in [1.807, 2.05) is 54.6 Å². The minimum atomic E-state index is -1.01. The molecule has 0 unspecified atom stereocenters. The van der Waals surface area contributed by atoms with Crippen LogP contribution in [0.3, 0.4) is 0 Å². The van der Waals surface area contributed by atoms with Crippen LogP contribution in [0.4, 0.5) is 0 Å². The average molecular weight is 311 g/mol. The number of carboxylic acids is 1. The monoisotopic (exact) mass is 311 g/mol. The molecule has 0 fully saturated rings. The van der Waals surface area contributed by atoms with Gasteiger partial charge in [-0.2, -0.15) is 0 Å². The Kier molecular flexibility index (Phi) is 5.52. The highest BCUT2D eigenvalue weighted by Gasteiger charge is 2.23. The van der Waals surface area contributed by atoms with Gasteiger partial charge in [0.2, 0.25) is 5.91 Å². The third-order valence-corrected chi connectivity index (χ3v) is 3.67. The molecular weight excluding hydrogens is 290 g/mol. The Labute approximate surface area is 136 Å². The lowest BCUT2D eigenvalue weighted by molar-refractivity contribution is -0.143. The molecule has 0 aliphatic rings. The first-order valence-electron chi connectivity index (χ1n) is 7.64. The maximum Gasteiger partial charge on any atom is 0.326 e. The van der Waals surface area contributed by atoms with Crippen molar-refractivity contribution < 1.29 is 14.7 Å². The summed E-state index contributed by atoms with van der Waals surface area (Å²) in [4.78, 5) is 23.1. The Morgan fingerprint density at radius 2 is 1.52 bits per heavy atom. The zero-order chi connectivity index (χ0) is 16.8. The zero-order valence-corrected chi connectivity index (χ0v) is 13.3. The fourth-order valence-corrected chi connectivity index (χ4v) is 2.37. The molecule has 4 nitrogen and oxygen atoms in total. The van der Waals surface area contributed by atoms with Gasteiger partial charge in [0.25, 0.3) is 0 Å². The molecule has 120 valence electrons. The predicted octanol–water partition coefficient (Wildman–Crippen LogP) is 3.12. The summed E-state index contributed by atoms with van der Waals surface area (Å²) in [6, 6.07) is 16.9.